The SMILES string of the molecule is COCCNc1ccnc(C(=O)NCCCc2ccccc2)c1. The van der Waals surface area contributed by atoms with Crippen LogP contribution in [0.15, 0.2) is 48.7 Å². The summed E-state index contributed by atoms with van der Waals surface area (Å²) in [5.74, 6) is -0.145. The van der Waals surface area contributed by atoms with Crippen molar-refractivity contribution in [1.82, 2.24) is 10.3 Å². The first-order chi connectivity index (χ1) is 11.3. The van der Waals surface area contributed by atoms with E-state index in [4.69, 9.17) is 4.74 Å². The maximum absolute atomic E-state index is 12.1. The summed E-state index contributed by atoms with van der Waals surface area (Å²) < 4.78 is 4.99. The fourth-order valence-electron chi connectivity index (χ4n) is 2.19. The predicted molar refractivity (Wildman–Crippen MR) is 91.7 cm³/mol. The lowest BCUT2D eigenvalue weighted by molar-refractivity contribution is 0.0948. The number of aryl methyl sites for hydroxylation is 1. The normalized spacial score (nSPS) is 10.3. The quantitative estimate of drug-likeness (QED) is 0.698. The number of anilines is 1. The number of carbonyl (C=O) groups excluding carboxylic acids is 1. The lowest BCUT2D eigenvalue weighted by Gasteiger charge is -2.08. The molecule has 2 N–H and O–H groups in total. The van der Waals surface area contributed by atoms with Gasteiger partial charge in [-0.2, -0.15) is 0 Å². The van der Waals surface area contributed by atoms with Crippen LogP contribution in [0.3, 0.4) is 0 Å². The van der Waals surface area contributed by atoms with E-state index in [0.29, 0.717) is 25.4 Å². The second kappa shape index (κ2) is 9.58. The number of amides is 1. The highest BCUT2D eigenvalue weighted by Gasteiger charge is 2.07. The Kier molecular flexibility index (Phi) is 7.07. The van der Waals surface area contributed by atoms with Crippen molar-refractivity contribution in [2.24, 2.45) is 0 Å². The minimum Gasteiger partial charge on any atom is -0.383 e. The van der Waals surface area contributed by atoms with Crippen molar-refractivity contribution in [2.45, 2.75) is 12.8 Å². The second-order valence-corrected chi connectivity index (χ2v) is 5.19. The third-order valence-corrected chi connectivity index (χ3v) is 3.40. The van der Waals surface area contributed by atoms with Gasteiger partial charge in [0.05, 0.1) is 6.61 Å². The monoisotopic (exact) mass is 313 g/mol. The van der Waals surface area contributed by atoms with Gasteiger partial charge in [-0.3, -0.25) is 9.78 Å². The molecule has 0 aliphatic rings. The third-order valence-electron chi connectivity index (χ3n) is 3.40. The molecule has 2 aromatic rings. The third kappa shape index (κ3) is 6.08. The van der Waals surface area contributed by atoms with Gasteiger partial charge in [0, 0.05) is 32.1 Å². The topological polar surface area (TPSA) is 63.2 Å². The molecule has 0 unspecified atom stereocenters. The minimum absolute atomic E-state index is 0.145. The summed E-state index contributed by atoms with van der Waals surface area (Å²) in [6, 6.07) is 13.8. The van der Waals surface area contributed by atoms with E-state index in [2.05, 4.69) is 27.8 Å². The van der Waals surface area contributed by atoms with Crippen molar-refractivity contribution in [3.8, 4) is 0 Å². The number of nitrogens with zero attached hydrogens (tertiary/aromatic N) is 1. The first kappa shape index (κ1) is 17.0. The Hall–Kier alpha value is -2.40. The van der Waals surface area contributed by atoms with Gasteiger partial charge >= 0.3 is 0 Å². The lowest BCUT2D eigenvalue weighted by Crippen LogP contribution is -2.25. The van der Waals surface area contributed by atoms with E-state index >= 15 is 0 Å². The average Bonchev–Trinajstić information content (AvgIpc) is 2.60. The molecule has 0 saturated heterocycles. The number of benzene rings is 1. The summed E-state index contributed by atoms with van der Waals surface area (Å²) in [6.07, 6.45) is 3.49. The van der Waals surface area contributed by atoms with Crippen LogP contribution in [0.1, 0.15) is 22.5 Å². The number of methoxy groups -OCH3 is 1. The molecule has 1 aromatic heterocycles. The number of pyridine rings is 1. The van der Waals surface area contributed by atoms with Gasteiger partial charge in [-0.1, -0.05) is 30.3 Å². The molecule has 0 saturated carbocycles. The fourth-order valence-corrected chi connectivity index (χ4v) is 2.19. The molecule has 0 aliphatic carbocycles. The van der Waals surface area contributed by atoms with Crippen molar-refractivity contribution in [3.63, 3.8) is 0 Å². The van der Waals surface area contributed by atoms with E-state index < -0.39 is 0 Å². The highest BCUT2D eigenvalue weighted by Crippen LogP contribution is 2.07. The molecule has 5 heteroatoms. The highest BCUT2D eigenvalue weighted by molar-refractivity contribution is 5.93. The van der Waals surface area contributed by atoms with Gasteiger partial charge in [0.1, 0.15) is 5.69 Å². The van der Waals surface area contributed by atoms with Gasteiger partial charge in [0.25, 0.3) is 5.91 Å². The van der Waals surface area contributed by atoms with Crippen LogP contribution in [0.4, 0.5) is 5.69 Å². The second-order valence-electron chi connectivity index (χ2n) is 5.19. The number of rotatable bonds is 9. The number of carbonyl (C=O) groups is 1. The van der Waals surface area contributed by atoms with Gasteiger partial charge in [-0.25, -0.2) is 0 Å². The molecular weight excluding hydrogens is 290 g/mol. The van der Waals surface area contributed by atoms with E-state index in [1.54, 1.807) is 19.4 Å². The maximum atomic E-state index is 12.1. The van der Waals surface area contributed by atoms with Crippen molar-refractivity contribution < 1.29 is 9.53 Å². The summed E-state index contributed by atoms with van der Waals surface area (Å²) in [6.45, 7) is 1.94. The zero-order valence-corrected chi connectivity index (χ0v) is 13.4. The molecule has 1 amide bonds. The molecule has 0 aliphatic heterocycles. The molecule has 0 spiro atoms. The van der Waals surface area contributed by atoms with Crippen LogP contribution in [-0.2, 0) is 11.2 Å². The van der Waals surface area contributed by atoms with E-state index in [0.717, 1.165) is 18.5 Å². The molecule has 0 fully saturated rings. The molecule has 0 radical (unpaired) electrons. The van der Waals surface area contributed by atoms with E-state index in [1.807, 2.05) is 24.3 Å². The maximum Gasteiger partial charge on any atom is 0.269 e. The number of hydrogen-bond donors (Lipinski definition) is 2. The zero-order chi connectivity index (χ0) is 16.3. The molecule has 1 aromatic carbocycles. The summed E-state index contributed by atoms with van der Waals surface area (Å²) in [5, 5.41) is 6.09. The first-order valence-corrected chi connectivity index (χ1v) is 7.80. The van der Waals surface area contributed by atoms with Crippen LogP contribution >= 0.6 is 0 Å². The van der Waals surface area contributed by atoms with Crippen LogP contribution in [0.2, 0.25) is 0 Å². The van der Waals surface area contributed by atoms with Crippen LogP contribution in [0.25, 0.3) is 0 Å². The van der Waals surface area contributed by atoms with Crippen molar-refractivity contribution in [1.29, 1.82) is 0 Å². The Labute approximate surface area is 137 Å². The first-order valence-electron chi connectivity index (χ1n) is 7.80. The molecule has 0 atom stereocenters. The fraction of sp³-hybridized carbons (Fsp3) is 0.333. The van der Waals surface area contributed by atoms with E-state index in [9.17, 15) is 4.79 Å². The predicted octanol–water partition coefficient (Wildman–Crippen LogP) is 2.50. The van der Waals surface area contributed by atoms with Gasteiger partial charge in [0.2, 0.25) is 0 Å². The molecule has 122 valence electrons. The van der Waals surface area contributed by atoms with Crippen LogP contribution in [-0.4, -0.2) is 37.7 Å². The Balaban J connectivity index is 1.75. The van der Waals surface area contributed by atoms with Crippen LogP contribution in [0, 0.1) is 0 Å². The van der Waals surface area contributed by atoms with Crippen molar-refractivity contribution in [3.05, 3.63) is 59.9 Å². The molecule has 0 bridgehead atoms. The number of aromatic nitrogens is 1. The number of nitrogens with one attached hydrogen (secondary N) is 2. The Bertz CT molecular complexity index is 602. The molecule has 23 heavy (non-hydrogen) atoms. The smallest absolute Gasteiger partial charge is 0.269 e. The summed E-state index contributed by atoms with van der Waals surface area (Å²) in [5.41, 5.74) is 2.57. The Morgan fingerprint density at radius 1 is 1.17 bits per heavy atom. The largest absolute Gasteiger partial charge is 0.383 e. The molecule has 1 heterocycles. The lowest BCUT2D eigenvalue weighted by atomic mass is 10.1. The molecular formula is C18H23N3O2. The summed E-state index contributed by atoms with van der Waals surface area (Å²) in [4.78, 5) is 16.2. The summed E-state index contributed by atoms with van der Waals surface area (Å²) in [7, 11) is 1.66. The van der Waals surface area contributed by atoms with E-state index in [-0.39, 0.29) is 5.91 Å². The van der Waals surface area contributed by atoms with Crippen LogP contribution in [0.5, 0.6) is 0 Å². The Morgan fingerprint density at radius 2 is 2.00 bits per heavy atom. The van der Waals surface area contributed by atoms with Crippen LogP contribution < -0.4 is 10.6 Å². The summed E-state index contributed by atoms with van der Waals surface area (Å²) >= 11 is 0. The zero-order valence-electron chi connectivity index (χ0n) is 13.4. The number of ether oxygens (including phenoxy) is 1. The molecule has 2 rings (SSSR count). The van der Waals surface area contributed by atoms with Crippen molar-refractivity contribution >= 4 is 11.6 Å². The van der Waals surface area contributed by atoms with Gasteiger partial charge in [0.15, 0.2) is 0 Å². The molecule has 5 nitrogen and oxygen atoms in total. The highest BCUT2D eigenvalue weighted by atomic mass is 16.5. The number of hydrogen-bond acceptors (Lipinski definition) is 4. The average molecular weight is 313 g/mol. The minimum atomic E-state index is -0.145. The van der Waals surface area contributed by atoms with E-state index in [1.165, 1.54) is 5.56 Å². The Morgan fingerprint density at radius 3 is 2.78 bits per heavy atom. The standard InChI is InChI=1S/C18H23N3O2/c1-23-13-12-19-16-9-11-20-17(14-16)18(22)21-10-5-8-15-6-3-2-4-7-15/h2-4,6-7,9,11,14H,5,8,10,12-13H2,1H3,(H,19,20)(H,21,22). The van der Waals surface area contributed by atoms with Gasteiger partial charge in [-0.05, 0) is 30.5 Å². The van der Waals surface area contributed by atoms with Gasteiger partial charge < -0.3 is 15.4 Å². The van der Waals surface area contributed by atoms with Gasteiger partial charge in [-0.15, -0.1) is 0 Å². The van der Waals surface area contributed by atoms with Crippen molar-refractivity contribution in [2.75, 3.05) is 32.1 Å².